The summed E-state index contributed by atoms with van der Waals surface area (Å²) in [6, 6.07) is 1.77. The van der Waals surface area contributed by atoms with Crippen LogP contribution >= 0.6 is 11.6 Å². The topological polar surface area (TPSA) is 54.9 Å². The molecule has 1 aromatic heterocycles. The molecule has 1 heterocycles. The fraction of sp³-hybridized carbons (Fsp3) is 0.615. The molecular weight excluding hydrogens is 250 g/mol. The summed E-state index contributed by atoms with van der Waals surface area (Å²) in [6.45, 7) is 4.33. The van der Waals surface area contributed by atoms with Gasteiger partial charge in [-0.1, -0.05) is 0 Å². The molecule has 0 saturated heterocycles. The predicted octanol–water partition coefficient (Wildman–Crippen LogP) is 2.23. The first-order valence-corrected chi connectivity index (χ1v) is 6.73. The Kier molecular flexibility index (Phi) is 4.17. The molecule has 98 valence electrons. The van der Waals surface area contributed by atoms with E-state index in [0.29, 0.717) is 23.7 Å². The molecule has 2 rings (SSSR count). The number of hydrogen-bond donors (Lipinski definition) is 1. The highest BCUT2D eigenvalue weighted by Gasteiger charge is 2.23. The monoisotopic (exact) mass is 267 g/mol. The van der Waals surface area contributed by atoms with E-state index in [2.05, 4.69) is 15.5 Å². The number of nitrogens with zero attached hydrogens (tertiary/aromatic N) is 2. The summed E-state index contributed by atoms with van der Waals surface area (Å²) in [5, 5.41) is 11.1. The number of carbonyl (C=O) groups excluding carboxylic acids is 1. The number of hydrogen-bond acceptors (Lipinski definition) is 3. The summed E-state index contributed by atoms with van der Waals surface area (Å²) in [7, 11) is 0. The van der Waals surface area contributed by atoms with Gasteiger partial charge in [-0.15, -0.1) is 11.6 Å². The van der Waals surface area contributed by atoms with Crippen LogP contribution in [0.1, 0.15) is 41.0 Å². The lowest BCUT2D eigenvalue weighted by atomic mass is 10.1. The minimum Gasteiger partial charge on any atom is -0.352 e. The van der Waals surface area contributed by atoms with Crippen molar-refractivity contribution >= 4 is 17.5 Å². The van der Waals surface area contributed by atoms with Crippen LogP contribution in [0.3, 0.4) is 0 Å². The zero-order chi connectivity index (χ0) is 13.1. The maximum absolute atomic E-state index is 12.0. The first-order chi connectivity index (χ1) is 8.56. The molecular formula is C13H18ClN3O. The molecule has 0 spiro atoms. The molecule has 1 amide bonds. The second-order valence-corrected chi connectivity index (χ2v) is 5.59. The molecule has 2 unspecified atom stereocenters. The average molecular weight is 268 g/mol. The van der Waals surface area contributed by atoms with Crippen molar-refractivity contribution in [2.24, 2.45) is 5.92 Å². The Labute approximate surface area is 112 Å². The molecule has 5 heteroatoms. The second kappa shape index (κ2) is 5.65. The Morgan fingerprint density at radius 3 is 2.89 bits per heavy atom. The Balaban J connectivity index is 1.93. The van der Waals surface area contributed by atoms with Gasteiger partial charge in [-0.2, -0.15) is 10.2 Å². The fourth-order valence-corrected chi connectivity index (χ4v) is 2.69. The van der Waals surface area contributed by atoms with Gasteiger partial charge in [-0.05, 0) is 45.1 Å². The molecule has 1 fully saturated rings. The summed E-state index contributed by atoms with van der Waals surface area (Å²) in [5.41, 5.74) is 2.04. The van der Waals surface area contributed by atoms with E-state index in [1.54, 1.807) is 13.0 Å². The minimum absolute atomic E-state index is 0.0662. The van der Waals surface area contributed by atoms with E-state index >= 15 is 0 Å². The van der Waals surface area contributed by atoms with Gasteiger partial charge in [0, 0.05) is 11.9 Å². The predicted molar refractivity (Wildman–Crippen MR) is 70.8 cm³/mol. The normalized spacial score (nSPS) is 23.1. The smallest absolute Gasteiger partial charge is 0.253 e. The largest absolute Gasteiger partial charge is 0.352 e. The van der Waals surface area contributed by atoms with Crippen molar-refractivity contribution in [2.75, 3.05) is 6.54 Å². The van der Waals surface area contributed by atoms with E-state index in [1.807, 2.05) is 6.92 Å². The number of alkyl halides is 1. The standard InChI is InChI=1S/C13H18ClN3O/c1-8-5-12(9(2)17-16-8)13(18)15-7-10-3-4-11(14)6-10/h5,10-11H,3-4,6-7H2,1-2H3,(H,15,18). The van der Waals surface area contributed by atoms with E-state index in [9.17, 15) is 4.79 Å². The van der Waals surface area contributed by atoms with E-state index in [-0.39, 0.29) is 11.3 Å². The molecule has 1 saturated carbocycles. The summed E-state index contributed by atoms with van der Waals surface area (Å²) in [6.07, 6.45) is 3.15. The number of rotatable bonds is 3. The van der Waals surface area contributed by atoms with Crippen LogP contribution in [0.25, 0.3) is 0 Å². The van der Waals surface area contributed by atoms with Crippen LogP contribution in [0.2, 0.25) is 0 Å². The number of nitrogens with one attached hydrogen (secondary N) is 1. The number of carbonyl (C=O) groups is 1. The highest BCUT2D eigenvalue weighted by molar-refractivity contribution is 6.20. The summed E-state index contributed by atoms with van der Waals surface area (Å²) in [5.74, 6) is 0.441. The van der Waals surface area contributed by atoms with Crippen molar-refractivity contribution in [3.63, 3.8) is 0 Å². The molecule has 18 heavy (non-hydrogen) atoms. The number of amides is 1. The Hall–Kier alpha value is -1.16. The first-order valence-electron chi connectivity index (χ1n) is 6.29. The van der Waals surface area contributed by atoms with Gasteiger partial charge in [0.05, 0.1) is 17.0 Å². The molecule has 1 N–H and O–H groups in total. The fourth-order valence-electron chi connectivity index (χ4n) is 2.31. The van der Waals surface area contributed by atoms with Gasteiger partial charge in [0.1, 0.15) is 0 Å². The summed E-state index contributed by atoms with van der Waals surface area (Å²) >= 11 is 6.05. The molecule has 4 nitrogen and oxygen atoms in total. The molecule has 0 aromatic carbocycles. The van der Waals surface area contributed by atoms with Crippen molar-refractivity contribution in [2.45, 2.75) is 38.5 Å². The Morgan fingerprint density at radius 1 is 1.44 bits per heavy atom. The van der Waals surface area contributed by atoms with Crippen LogP contribution in [-0.4, -0.2) is 28.0 Å². The van der Waals surface area contributed by atoms with Gasteiger partial charge in [-0.25, -0.2) is 0 Å². The maximum Gasteiger partial charge on any atom is 0.253 e. The van der Waals surface area contributed by atoms with Crippen molar-refractivity contribution in [1.82, 2.24) is 15.5 Å². The van der Waals surface area contributed by atoms with Crippen LogP contribution < -0.4 is 5.32 Å². The highest BCUT2D eigenvalue weighted by atomic mass is 35.5. The van der Waals surface area contributed by atoms with E-state index in [0.717, 1.165) is 25.0 Å². The van der Waals surface area contributed by atoms with Crippen molar-refractivity contribution in [1.29, 1.82) is 0 Å². The van der Waals surface area contributed by atoms with Gasteiger partial charge in [0.25, 0.3) is 5.91 Å². The van der Waals surface area contributed by atoms with Crippen molar-refractivity contribution < 1.29 is 4.79 Å². The molecule has 1 aliphatic carbocycles. The van der Waals surface area contributed by atoms with Crippen molar-refractivity contribution in [3.8, 4) is 0 Å². The zero-order valence-corrected chi connectivity index (χ0v) is 11.5. The van der Waals surface area contributed by atoms with Gasteiger partial charge >= 0.3 is 0 Å². The van der Waals surface area contributed by atoms with Crippen LogP contribution in [0.4, 0.5) is 0 Å². The average Bonchev–Trinajstić information content (AvgIpc) is 2.75. The Bertz CT molecular complexity index is 450. The quantitative estimate of drug-likeness (QED) is 0.855. The van der Waals surface area contributed by atoms with Crippen LogP contribution in [0, 0.1) is 19.8 Å². The van der Waals surface area contributed by atoms with E-state index in [1.165, 1.54) is 0 Å². The first kappa shape index (κ1) is 13.3. The molecule has 2 atom stereocenters. The van der Waals surface area contributed by atoms with E-state index < -0.39 is 0 Å². The van der Waals surface area contributed by atoms with Gasteiger partial charge in [0.15, 0.2) is 0 Å². The summed E-state index contributed by atoms with van der Waals surface area (Å²) in [4.78, 5) is 12.0. The minimum atomic E-state index is -0.0662. The van der Waals surface area contributed by atoms with Crippen LogP contribution in [-0.2, 0) is 0 Å². The lowest BCUT2D eigenvalue weighted by Gasteiger charge is -2.11. The molecule has 0 radical (unpaired) electrons. The SMILES string of the molecule is Cc1cc(C(=O)NCC2CCC(Cl)C2)c(C)nn1. The zero-order valence-electron chi connectivity index (χ0n) is 10.7. The second-order valence-electron chi connectivity index (χ2n) is 4.97. The van der Waals surface area contributed by atoms with Gasteiger partial charge in [-0.3, -0.25) is 4.79 Å². The molecule has 1 aliphatic rings. The maximum atomic E-state index is 12.0. The molecule has 0 aliphatic heterocycles. The van der Waals surface area contributed by atoms with Crippen LogP contribution in [0.15, 0.2) is 6.07 Å². The number of halogens is 1. The molecule has 0 bridgehead atoms. The van der Waals surface area contributed by atoms with Crippen molar-refractivity contribution in [3.05, 3.63) is 23.0 Å². The van der Waals surface area contributed by atoms with E-state index in [4.69, 9.17) is 11.6 Å². The lowest BCUT2D eigenvalue weighted by molar-refractivity contribution is 0.0946. The summed E-state index contributed by atoms with van der Waals surface area (Å²) < 4.78 is 0. The Morgan fingerprint density at radius 2 is 2.22 bits per heavy atom. The number of aromatic nitrogens is 2. The molecule has 1 aromatic rings. The third kappa shape index (κ3) is 3.19. The third-order valence-corrected chi connectivity index (χ3v) is 3.77. The highest BCUT2D eigenvalue weighted by Crippen LogP contribution is 2.28. The van der Waals surface area contributed by atoms with Gasteiger partial charge < -0.3 is 5.32 Å². The third-order valence-electron chi connectivity index (χ3n) is 3.37. The van der Waals surface area contributed by atoms with Crippen LogP contribution in [0.5, 0.6) is 0 Å². The number of aryl methyl sites for hydroxylation is 2. The lowest BCUT2D eigenvalue weighted by Crippen LogP contribution is -2.29. The van der Waals surface area contributed by atoms with Gasteiger partial charge in [0.2, 0.25) is 0 Å².